The molecule has 4 aromatic rings. The Morgan fingerprint density at radius 1 is 1.04 bits per heavy atom. The largest absolute Gasteiger partial charge is 0.422 e. The molecule has 0 bridgehead atoms. The first kappa shape index (κ1) is 15.4. The number of para-hydroxylation sites is 1. The van der Waals surface area contributed by atoms with Crippen LogP contribution in [0.15, 0.2) is 57.7 Å². The van der Waals surface area contributed by atoms with Crippen LogP contribution in [0.2, 0.25) is 0 Å². The molecule has 0 amide bonds. The highest BCUT2D eigenvalue weighted by molar-refractivity contribution is 7.18. The van der Waals surface area contributed by atoms with Gasteiger partial charge in [-0.2, -0.15) is 0 Å². The van der Waals surface area contributed by atoms with Crippen molar-refractivity contribution in [1.82, 2.24) is 10.2 Å². The summed E-state index contributed by atoms with van der Waals surface area (Å²) < 4.78 is 31.9. The zero-order valence-electron chi connectivity index (χ0n) is 12.5. The van der Waals surface area contributed by atoms with E-state index in [-0.39, 0.29) is 16.4 Å². The zero-order valence-corrected chi connectivity index (χ0v) is 13.3. The summed E-state index contributed by atoms with van der Waals surface area (Å²) in [6.45, 7) is 0. The van der Waals surface area contributed by atoms with E-state index in [0.717, 1.165) is 28.9 Å². The van der Waals surface area contributed by atoms with Crippen LogP contribution in [0, 0.1) is 11.6 Å². The zero-order chi connectivity index (χ0) is 17.4. The Balaban J connectivity index is 1.69. The number of anilines is 2. The van der Waals surface area contributed by atoms with Crippen molar-refractivity contribution in [2.75, 3.05) is 5.32 Å². The summed E-state index contributed by atoms with van der Waals surface area (Å²) >= 11 is 1.06. The van der Waals surface area contributed by atoms with Crippen molar-refractivity contribution in [2.45, 2.75) is 0 Å². The van der Waals surface area contributed by atoms with Crippen LogP contribution in [-0.2, 0) is 0 Å². The van der Waals surface area contributed by atoms with E-state index < -0.39 is 17.3 Å². The van der Waals surface area contributed by atoms with Crippen molar-refractivity contribution in [2.24, 2.45) is 0 Å². The van der Waals surface area contributed by atoms with Crippen LogP contribution in [0.25, 0.3) is 21.5 Å². The number of benzene rings is 2. The van der Waals surface area contributed by atoms with E-state index in [1.165, 1.54) is 6.07 Å². The van der Waals surface area contributed by atoms with Gasteiger partial charge in [-0.05, 0) is 24.3 Å². The molecule has 8 heteroatoms. The SMILES string of the molecule is O=c1oc2ccccc2cc1-c1nnc(Nc2ccc(F)cc2F)s1. The lowest BCUT2D eigenvalue weighted by molar-refractivity contribution is 0.563. The first-order valence-electron chi connectivity index (χ1n) is 7.19. The minimum absolute atomic E-state index is 0.0645. The maximum absolute atomic E-state index is 13.7. The summed E-state index contributed by atoms with van der Waals surface area (Å²) in [6, 6.07) is 11.9. The second kappa shape index (κ2) is 6.06. The summed E-state index contributed by atoms with van der Waals surface area (Å²) in [6.07, 6.45) is 0. The van der Waals surface area contributed by atoms with E-state index in [1.807, 2.05) is 12.1 Å². The molecule has 2 aromatic heterocycles. The minimum atomic E-state index is -0.748. The van der Waals surface area contributed by atoms with Gasteiger partial charge >= 0.3 is 5.63 Å². The van der Waals surface area contributed by atoms with Gasteiger partial charge < -0.3 is 9.73 Å². The second-order valence-electron chi connectivity index (χ2n) is 5.15. The molecule has 0 aliphatic rings. The molecule has 0 unspecified atom stereocenters. The van der Waals surface area contributed by atoms with Gasteiger partial charge in [0.05, 0.1) is 11.3 Å². The minimum Gasteiger partial charge on any atom is -0.422 e. The van der Waals surface area contributed by atoms with Gasteiger partial charge in [-0.15, -0.1) is 10.2 Å². The Morgan fingerprint density at radius 2 is 1.88 bits per heavy atom. The summed E-state index contributed by atoms with van der Waals surface area (Å²) in [4.78, 5) is 12.1. The number of hydrogen-bond acceptors (Lipinski definition) is 6. The molecule has 0 radical (unpaired) electrons. The predicted molar refractivity (Wildman–Crippen MR) is 91.0 cm³/mol. The Morgan fingerprint density at radius 3 is 2.72 bits per heavy atom. The fourth-order valence-corrected chi connectivity index (χ4v) is 3.06. The summed E-state index contributed by atoms with van der Waals surface area (Å²) in [5.74, 6) is -1.42. The van der Waals surface area contributed by atoms with Crippen molar-refractivity contribution < 1.29 is 13.2 Å². The predicted octanol–water partition coefficient (Wildman–Crippen LogP) is 4.33. The van der Waals surface area contributed by atoms with Gasteiger partial charge in [0.25, 0.3) is 0 Å². The lowest BCUT2D eigenvalue weighted by Gasteiger charge is -2.02. The van der Waals surface area contributed by atoms with Crippen molar-refractivity contribution >= 4 is 33.1 Å². The van der Waals surface area contributed by atoms with E-state index in [4.69, 9.17) is 4.42 Å². The van der Waals surface area contributed by atoms with Gasteiger partial charge in [0.1, 0.15) is 17.2 Å². The molecule has 0 aliphatic carbocycles. The molecule has 0 fully saturated rings. The number of aromatic nitrogens is 2. The molecular formula is C17H9F2N3O2S. The molecule has 0 aliphatic heterocycles. The monoisotopic (exact) mass is 357 g/mol. The quantitative estimate of drug-likeness (QED) is 0.553. The Kier molecular flexibility index (Phi) is 3.73. The summed E-state index contributed by atoms with van der Waals surface area (Å²) in [5, 5.41) is 11.9. The van der Waals surface area contributed by atoms with Crippen molar-refractivity contribution in [1.29, 1.82) is 0 Å². The number of halogens is 2. The van der Waals surface area contributed by atoms with E-state index in [9.17, 15) is 13.6 Å². The second-order valence-corrected chi connectivity index (χ2v) is 6.12. The molecular weight excluding hydrogens is 348 g/mol. The standard InChI is InChI=1S/C17H9F2N3O2S/c18-10-5-6-13(12(19)8-10)20-17-22-21-15(25-17)11-7-9-3-1-2-4-14(9)24-16(11)23/h1-8H,(H,20,22). The summed E-state index contributed by atoms with van der Waals surface area (Å²) in [7, 11) is 0. The van der Waals surface area contributed by atoms with Gasteiger partial charge in [0.2, 0.25) is 5.13 Å². The lowest BCUT2D eigenvalue weighted by atomic mass is 10.2. The smallest absolute Gasteiger partial charge is 0.346 e. The molecule has 4 rings (SSSR count). The average Bonchev–Trinajstić information content (AvgIpc) is 3.05. The van der Waals surface area contributed by atoms with Gasteiger partial charge in [0, 0.05) is 11.5 Å². The first-order valence-corrected chi connectivity index (χ1v) is 8.01. The maximum atomic E-state index is 13.7. The third-order valence-electron chi connectivity index (χ3n) is 3.47. The average molecular weight is 357 g/mol. The molecule has 0 atom stereocenters. The molecule has 0 saturated heterocycles. The highest BCUT2D eigenvalue weighted by Gasteiger charge is 2.14. The van der Waals surface area contributed by atoms with Crippen LogP contribution < -0.4 is 10.9 Å². The van der Waals surface area contributed by atoms with E-state index in [2.05, 4.69) is 15.5 Å². The van der Waals surface area contributed by atoms with E-state index in [1.54, 1.807) is 18.2 Å². The molecule has 0 saturated carbocycles. The first-order chi connectivity index (χ1) is 12.1. The van der Waals surface area contributed by atoms with Crippen LogP contribution in [-0.4, -0.2) is 10.2 Å². The number of fused-ring (bicyclic) bond motifs is 1. The topological polar surface area (TPSA) is 68.0 Å². The Labute approximate surface area is 143 Å². The van der Waals surface area contributed by atoms with Crippen LogP contribution in [0.1, 0.15) is 0 Å². The van der Waals surface area contributed by atoms with Crippen molar-refractivity contribution in [3.05, 3.63) is 70.6 Å². The van der Waals surface area contributed by atoms with Gasteiger partial charge in [0.15, 0.2) is 5.01 Å². The third kappa shape index (κ3) is 2.99. The Bertz CT molecular complexity index is 1140. The van der Waals surface area contributed by atoms with Crippen LogP contribution in [0.5, 0.6) is 0 Å². The van der Waals surface area contributed by atoms with Crippen LogP contribution in [0.3, 0.4) is 0 Å². The van der Waals surface area contributed by atoms with Crippen LogP contribution in [0.4, 0.5) is 19.6 Å². The molecule has 5 nitrogen and oxygen atoms in total. The van der Waals surface area contributed by atoms with Gasteiger partial charge in [-0.25, -0.2) is 13.6 Å². The number of rotatable bonds is 3. The normalized spacial score (nSPS) is 11.0. The molecule has 2 aromatic carbocycles. The third-order valence-corrected chi connectivity index (χ3v) is 4.34. The Hall–Kier alpha value is -3.13. The van der Waals surface area contributed by atoms with Crippen molar-refractivity contribution in [3.63, 3.8) is 0 Å². The molecule has 1 N–H and O–H groups in total. The number of nitrogens with one attached hydrogen (secondary N) is 1. The van der Waals surface area contributed by atoms with Crippen molar-refractivity contribution in [3.8, 4) is 10.6 Å². The number of hydrogen-bond donors (Lipinski definition) is 1. The summed E-state index contributed by atoms with van der Waals surface area (Å²) in [5.41, 5.74) is 0.278. The highest BCUT2D eigenvalue weighted by atomic mass is 32.1. The molecule has 25 heavy (non-hydrogen) atoms. The lowest BCUT2D eigenvalue weighted by Crippen LogP contribution is -2.02. The van der Waals surface area contributed by atoms with Crippen LogP contribution >= 0.6 is 11.3 Å². The molecule has 2 heterocycles. The number of nitrogens with zero attached hydrogens (tertiary/aromatic N) is 2. The molecule has 0 spiro atoms. The maximum Gasteiger partial charge on any atom is 0.346 e. The fraction of sp³-hybridized carbons (Fsp3) is 0. The van der Waals surface area contributed by atoms with Gasteiger partial charge in [-0.3, -0.25) is 0 Å². The fourth-order valence-electron chi connectivity index (χ4n) is 2.30. The van der Waals surface area contributed by atoms with E-state index in [0.29, 0.717) is 10.6 Å². The molecule has 124 valence electrons. The highest BCUT2D eigenvalue weighted by Crippen LogP contribution is 2.29. The van der Waals surface area contributed by atoms with Gasteiger partial charge in [-0.1, -0.05) is 29.5 Å². The van der Waals surface area contributed by atoms with E-state index >= 15 is 0 Å².